The van der Waals surface area contributed by atoms with Crippen LogP contribution in [0.5, 0.6) is 5.75 Å². The Morgan fingerprint density at radius 2 is 1.78 bits per heavy atom. The van der Waals surface area contributed by atoms with Gasteiger partial charge in [0.2, 0.25) is 0 Å². The van der Waals surface area contributed by atoms with Crippen LogP contribution in [0.25, 0.3) is 11.1 Å². The predicted molar refractivity (Wildman–Crippen MR) is 109 cm³/mol. The van der Waals surface area contributed by atoms with Crippen molar-refractivity contribution in [2.24, 2.45) is 12.0 Å². The molecule has 0 aliphatic carbocycles. The molecule has 1 aliphatic heterocycles. The second kappa shape index (κ2) is 6.71. The summed E-state index contributed by atoms with van der Waals surface area (Å²) < 4.78 is 7.05. The number of rotatable bonds is 2. The highest BCUT2D eigenvalue weighted by molar-refractivity contribution is 6.30. The largest absolute Gasteiger partial charge is 0.497 e. The van der Waals surface area contributed by atoms with Crippen LogP contribution in [-0.2, 0) is 7.05 Å². The number of ether oxygens (including phenoxy) is 1. The number of nitrogens with zero attached hydrogens (tertiary/aromatic N) is 2. The molecule has 0 unspecified atom stereocenters. The van der Waals surface area contributed by atoms with E-state index in [1.54, 1.807) is 24.8 Å². The van der Waals surface area contributed by atoms with E-state index in [-0.39, 0.29) is 11.6 Å². The van der Waals surface area contributed by atoms with Crippen LogP contribution in [0.4, 0.5) is 0 Å². The molecule has 0 spiro atoms. The molecular formula is C22H19ClN2O2. The van der Waals surface area contributed by atoms with Gasteiger partial charge in [0.15, 0.2) is 0 Å². The number of aryl methyl sites for hydroxylation is 1. The van der Waals surface area contributed by atoms with E-state index in [0.717, 1.165) is 39.3 Å². The smallest absolute Gasteiger partial charge is 0.250 e. The van der Waals surface area contributed by atoms with Gasteiger partial charge in [0.25, 0.3) is 5.56 Å². The molecule has 4 rings (SSSR count). The number of benzene rings is 2. The molecule has 1 aliphatic rings. The lowest BCUT2D eigenvalue weighted by Crippen LogP contribution is -2.17. The van der Waals surface area contributed by atoms with Crippen molar-refractivity contribution in [2.45, 2.75) is 13.0 Å². The topological polar surface area (TPSA) is 43.6 Å². The first kappa shape index (κ1) is 17.6. The first-order valence-corrected chi connectivity index (χ1v) is 9.09. The standard InChI is InChI=1S/C22H19ClN2O2/c1-13-18-11-21(26)25(2)12-20(18)17-9-8-16(27-3)10-19(17)22(24-13)14-4-6-15(23)7-5-14/h4-13H,1-3H3/t13-/m1/s1. The van der Waals surface area contributed by atoms with Gasteiger partial charge in [0.05, 0.1) is 18.9 Å². The van der Waals surface area contributed by atoms with Gasteiger partial charge in [-0.2, -0.15) is 0 Å². The molecule has 4 nitrogen and oxygen atoms in total. The Labute approximate surface area is 162 Å². The highest BCUT2D eigenvalue weighted by Crippen LogP contribution is 2.38. The van der Waals surface area contributed by atoms with E-state index in [4.69, 9.17) is 21.3 Å². The van der Waals surface area contributed by atoms with Crippen LogP contribution in [0, 0.1) is 0 Å². The van der Waals surface area contributed by atoms with Crippen molar-refractivity contribution in [3.05, 3.63) is 86.8 Å². The van der Waals surface area contributed by atoms with Crippen LogP contribution in [0.2, 0.25) is 5.02 Å². The molecule has 136 valence electrons. The number of aromatic nitrogens is 1. The zero-order valence-corrected chi connectivity index (χ0v) is 16.1. The fraction of sp³-hybridized carbons (Fsp3) is 0.182. The first-order chi connectivity index (χ1) is 13.0. The van der Waals surface area contributed by atoms with Gasteiger partial charge in [-0.3, -0.25) is 9.79 Å². The van der Waals surface area contributed by atoms with Gasteiger partial charge in [-0.05, 0) is 48.4 Å². The molecule has 0 saturated carbocycles. The quantitative estimate of drug-likeness (QED) is 0.652. The molecule has 0 saturated heterocycles. The second-order valence-electron chi connectivity index (χ2n) is 6.66. The van der Waals surface area contributed by atoms with Gasteiger partial charge >= 0.3 is 0 Å². The van der Waals surface area contributed by atoms with E-state index in [1.165, 1.54) is 0 Å². The molecule has 2 heterocycles. The van der Waals surface area contributed by atoms with Gasteiger partial charge in [-0.15, -0.1) is 0 Å². The summed E-state index contributed by atoms with van der Waals surface area (Å²) in [7, 11) is 3.42. The average molecular weight is 379 g/mol. The SMILES string of the molecule is COc1ccc2c(c1)C(c1ccc(Cl)cc1)=N[C@H](C)c1cc(=O)n(C)cc1-2. The number of hydrogen-bond acceptors (Lipinski definition) is 3. The molecule has 0 bridgehead atoms. The summed E-state index contributed by atoms with van der Waals surface area (Å²) in [5.74, 6) is 0.760. The van der Waals surface area contributed by atoms with Crippen LogP contribution < -0.4 is 10.3 Å². The molecule has 0 N–H and O–H groups in total. The monoisotopic (exact) mass is 378 g/mol. The van der Waals surface area contributed by atoms with Crippen molar-refractivity contribution in [3.8, 4) is 16.9 Å². The molecule has 0 radical (unpaired) electrons. The lowest BCUT2D eigenvalue weighted by molar-refractivity contribution is 0.415. The van der Waals surface area contributed by atoms with Crippen molar-refractivity contribution >= 4 is 17.3 Å². The van der Waals surface area contributed by atoms with Crippen LogP contribution >= 0.6 is 11.6 Å². The third-order valence-electron chi connectivity index (χ3n) is 4.92. The number of pyridine rings is 1. The summed E-state index contributed by atoms with van der Waals surface area (Å²) in [6, 6.07) is 15.1. The lowest BCUT2D eigenvalue weighted by atomic mass is 9.92. The maximum absolute atomic E-state index is 12.2. The Balaban J connectivity index is 2.05. The number of aliphatic imine (C=N–C) groups is 1. The molecule has 2 aromatic carbocycles. The van der Waals surface area contributed by atoms with Crippen molar-refractivity contribution in [1.82, 2.24) is 4.57 Å². The fourth-order valence-electron chi connectivity index (χ4n) is 3.47. The normalized spacial score (nSPS) is 15.4. The van der Waals surface area contributed by atoms with Crippen molar-refractivity contribution in [2.75, 3.05) is 7.11 Å². The highest BCUT2D eigenvalue weighted by atomic mass is 35.5. The number of fused-ring (bicyclic) bond motifs is 3. The Morgan fingerprint density at radius 1 is 1.04 bits per heavy atom. The minimum atomic E-state index is -0.155. The van der Waals surface area contributed by atoms with Gasteiger partial charge in [0.1, 0.15) is 5.75 Å². The Bertz CT molecular complexity index is 1110. The molecule has 5 heteroatoms. The first-order valence-electron chi connectivity index (χ1n) is 8.71. The average Bonchev–Trinajstić information content (AvgIpc) is 2.78. The van der Waals surface area contributed by atoms with Gasteiger partial charge in [-0.1, -0.05) is 23.7 Å². The molecule has 3 aromatic rings. The molecule has 1 atom stereocenters. The summed E-state index contributed by atoms with van der Waals surface area (Å²) >= 11 is 6.07. The molecule has 27 heavy (non-hydrogen) atoms. The number of hydrogen-bond donors (Lipinski definition) is 0. The zero-order valence-electron chi connectivity index (χ0n) is 15.4. The van der Waals surface area contributed by atoms with E-state index >= 15 is 0 Å². The van der Waals surface area contributed by atoms with Crippen LogP contribution in [-0.4, -0.2) is 17.4 Å². The minimum absolute atomic E-state index is 0.0409. The van der Waals surface area contributed by atoms with Crippen molar-refractivity contribution < 1.29 is 4.74 Å². The predicted octanol–water partition coefficient (Wildman–Crippen LogP) is 4.63. The van der Waals surface area contributed by atoms with E-state index in [0.29, 0.717) is 5.02 Å². The Kier molecular flexibility index (Phi) is 4.36. The molecule has 0 amide bonds. The summed E-state index contributed by atoms with van der Waals surface area (Å²) in [6.07, 6.45) is 1.89. The minimum Gasteiger partial charge on any atom is -0.497 e. The number of halogens is 1. The summed E-state index contributed by atoms with van der Waals surface area (Å²) in [5.41, 5.74) is 5.73. The highest BCUT2D eigenvalue weighted by Gasteiger charge is 2.24. The zero-order chi connectivity index (χ0) is 19.1. The molecule has 1 aromatic heterocycles. The van der Waals surface area contributed by atoms with Gasteiger partial charge in [0, 0.05) is 41.0 Å². The molecule has 0 fully saturated rings. The summed E-state index contributed by atoms with van der Waals surface area (Å²) in [5, 5.41) is 0.679. The van der Waals surface area contributed by atoms with E-state index in [1.807, 2.05) is 55.6 Å². The third kappa shape index (κ3) is 3.06. The van der Waals surface area contributed by atoms with Crippen LogP contribution in [0.3, 0.4) is 0 Å². The van der Waals surface area contributed by atoms with Crippen molar-refractivity contribution in [3.63, 3.8) is 0 Å². The van der Waals surface area contributed by atoms with Crippen LogP contribution in [0.15, 0.2) is 64.5 Å². The van der Waals surface area contributed by atoms with E-state index in [2.05, 4.69) is 0 Å². The Hall–Kier alpha value is -2.85. The van der Waals surface area contributed by atoms with Crippen molar-refractivity contribution in [1.29, 1.82) is 0 Å². The van der Waals surface area contributed by atoms with E-state index < -0.39 is 0 Å². The van der Waals surface area contributed by atoms with E-state index in [9.17, 15) is 4.79 Å². The van der Waals surface area contributed by atoms with Gasteiger partial charge in [-0.25, -0.2) is 0 Å². The fourth-order valence-corrected chi connectivity index (χ4v) is 3.59. The second-order valence-corrected chi connectivity index (χ2v) is 7.10. The third-order valence-corrected chi connectivity index (χ3v) is 5.17. The summed E-state index contributed by atoms with van der Waals surface area (Å²) in [4.78, 5) is 17.2. The Morgan fingerprint density at radius 3 is 2.48 bits per heavy atom. The van der Waals surface area contributed by atoms with Gasteiger partial charge < -0.3 is 9.30 Å². The maximum atomic E-state index is 12.2. The maximum Gasteiger partial charge on any atom is 0.250 e. The van der Waals surface area contributed by atoms with Crippen LogP contribution in [0.1, 0.15) is 29.7 Å². The molecular weight excluding hydrogens is 360 g/mol. The number of methoxy groups -OCH3 is 1. The lowest BCUT2D eigenvalue weighted by Gasteiger charge is -2.14. The summed E-state index contributed by atoms with van der Waals surface area (Å²) in [6.45, 7) is 2.01.